The second kappa shape index (κ2) is 14.8. The number of ether oxygens (including phenoxy) is 2. The van der Waals surface area contributed by atoms with E-state index in [2.05, 4.69) is 54.7 Å². The number of nitrogens with zero attached hydrogens (tertiary/aromatic N) is 1. The van der Waals surface area contributed by atoms with E-state index in [4.69, 9.17) is 14.5 Å². The predicted octanol–water partition coefficient (Wildman–Crippen LogP) is 8.97. The molecule has 6 aromatic rings. The summed E-state index contributed by atoms with van der Waals surface area (Å²) in [6.45, 7) is 2.60. The van der Waals surface area contributed by atoms with Gasteiger partial charge in [0.15, 0.2) is 10.6 Å². The van der Waals surface area contributed by atoms with E-state index in [0.29, 0.717) is 12.1 Å². The van der Waals surface area contributed by atoms with E-state index in [1.54, 1.807) is 23.1 Å². The lowest BCUT2D eigenvalue weighted by Crippen LogP contribution is -2.38. The van der Waals surface area contributed by atoms with Crippen molar-refractivity contribution in [2.75, 3.05) is 5.75 Å². The summed E-state index contributed by atoms with van der Waals surface area (Å²) >= 11 is 3.44. The lowest BCUT2D eigenvalue weighted by Gasteiger charge is -2.41. The van der Waals surface area contributed by atoms with Crippen LogP contribution in [0.25, 0.3) is 21.3 Å². The molecule has 1 fully saturated rings. The third kappa shape index (κ3) is 7.23. The van der Waals surface area contributed by atoms with Crippen molar-refractivity contribution in [1.82, 2.24) is 10.3 Å². The van der Waals surface area contributed by atoms with Crippen LogP contribution in [0.3, 0.4) is 0 Å². The number of thioether (sulfide) groups is 1. The van der Waals surface area contributed by atoms with Crippen LogP contribution in [-0.4, -0.2) is 27.9 Å². The Balaban J connectivity index is 1.10. The molecule has 0 bridgehead atoms. The van der Waals surface area contributed by atoms with Gasteiger partial charge in [-0.05, 0) is 52.1 Å². The summed E-state index contributed by atoms with van der Waals surface area (Å²) in [5.74, 6) is 0.727. The molecule has 2 N–H and O–H groups in total. The summed E-state index contributed by atoms with van der Waals surface area (Å²) in [5, 5.41) is 12.7. The molecule has 1 saturated heterocycles. The van der Waals surface area contributed by atoms with Crippen molar-refractivity contribution in [2.24, 2.45) is 5.92 Å². The number of fused-ring (bicyclic) bond motifs is 1. The van der Waals surface area contributed by atoms with Crippen molar-refractivity contribution in [2.45, 2.75) is 42.9 Å². The number of aromatic nitrogens is 1. The first kappa shape index (κ1) is 32.2. The van der Waals surface area contributed by atoms with Gasteiger partial charge in [0, 0.05) is 29.3 Å². The number of para-hydroxylation sites is 1. The Labute approximate surface area is 288 Å². The highest BCUT2D eigenvalue weighted by Crippen LogP contribution is 2.44. The molecule has 0 aliphatic carbocycles. The molecule has 4 atom stereocenters. The highest BCUT2D eigenvalue weighted by molar-refractivity contribution is 8.01. The standard InChI is InChI=1S/C40H36N2O4S2/c1-26-35(25-47-40-42-34-13-7-8-14-36(34)48-40)45-39(46-37(26)29-17-15-27(24-43)16-18-29)31-21-19-28(20-22-31)33-12-6-5-11-32(33)23-41-38(44)30-9-3-2-4-10-30/h2-22,26,35,37,39,43H,23-25H2,1H3,(H,41,44)/t26-,35+,37+,39+/m0/s1. The van der Waals surface area contributed by atoms with E-state index in [0.717, 1.165) is 49.0 Å². The molecular formula is C40H36N2O4S2. The van der Waals surface area contributed by atoms with Crippen molar-refractivity contribution in [3.63, 3.8) is 0 Å². The molecule has 5 aromatic carbocycles. The SMILES string of the molecule is C[C@H]1[C@@H](CSc2nc3ccccc3s2)O[C@@H](c2ccc(-c3ccccc3CNC(=O)c3ccccc3)cc2)O[C@H]1c1ccc(CO)cc1. The number of benzene rings is 5. The fraction of sp³-hybridized carbons (Fsp3) is 0.200. The minimum atomic E-state index is -0.556. The molecule has 7 rings (SSSR count). The van der Waals surface area contributed by atoms with Crippen LogP contribution in [0.4, 0.5) is 0 Å². The molecule has 1 aliphatic rings. The molecule has 0 radical (unpaired) electrons. The van der Waals surface area contributed by atoms with Crippen LogP contribution in [0.1, 0.15) is 51.9 Å². The zero-order valence-electron chi connectivity index (χ0n) is 26.5. The Kier molecular flexibility index (Phi) is 9.98. The normalized spacial score (nSPS) is 19.3. The average molecular weight is 673 g/mol. The molecule has 0 spiro atoms. The van der Waals surface area contributed by atoms with E-state index in [1.807, 2.05) is 84.9 Å². The molecule has 0 unspecified atom stereocenters. The molecule has 0 saturated carbocycles. The second-order valence-electron chi connectivity index (χ2n) is 11.9. The molecule has 8 heteroatoms. The van der Waals surface area contributed by atoms with Crippen LogP contribution < -0.4 is 5.32 Å². The number of aliphatic hydroxyl groups excluding tert-OH is 1. The third-order valence-electron chi connectivity index (χ3n) is 8.76. The van der Waals surface area contributed by atoms with Gasteiger partial charge in [0.2, 0.25) is 0 Å². The highest BCUT2D eigenvalue weighted by Gasteiger charge is 2.38. The highest BCUT2D eigenvalue weighted by atomic mass is 32.2. The lowest BCUT2D eigenvalue weighted by atomic mass is 9.91. The van der Waals surface area contributed by atoms with Crippen LogP contribution in [0, 0.1) is 5.92 Å². The number of amides is 1. The number of carbonyl (C=O) groups excluding carboxylic acids is 1. The first-order valence-corrected chi connectivity index (χ1v) is 17.9. The van der Waals surface area contributed by atoms with Crippen molar-refractivity contribution in [1.29, 1.82) is 0 Å². The predicted molar refractivity (Wildman–Crippen MR) is 193 cm³/mol. The molecule has 2 heterocycles. The smallest absolute Gasteiger partial charge is 0.251 e. The molecule has 242 valence electrons. The Bertz CT molecular complexity index is 1950. The molecule has 1 amide bonds. The number of nitrogens with one attached hydrogen (secondary N) is 1. The number of rotatable bonds is 10. The van der Waals surface area contributed by atoms with Gasteiger partial charge in [-0.2, -0.15) is 0 Å². The van der Waals surface area contributed by atoms with Crippen LogP contribution in [-0.2, 0) is 22.6 Å². The number of hydrogen-bond donors (Lipinski definition) is 2. The van der Waals surface area contributed by atoms with Crippen molar-refractivity contribution in [3.8, 4) is 11.1 Å². The van der Waals surface area contributed by atoms with E-state index in [9.17, 15) is 9.90 Å². The first-order chi connectivity index (χ1) is 23.6. The average Bonchev–Trinajstić information content (AvgIpc) is 3.57. The molecular weight excluding hydrogens is 637 g/mol. The Morgan fingerprint density at radius 3 is 2.31 bits per heavy atom. The lowest BCUT2D eigenvalue weighted by molar-refractivity contribution is -0.268. The fourth-order valence-electron chi connectivity index (χ4n) is 6.02. The van der Waals surface area contributed by atoms with Crippen LogP contribution in [0.15, 0.2) is 132 Å². The van der Waals surface area contributed by atoms with Crippen LogP contribution in [0.2, 0.25) is 0 Å². The Hall–Kier alpha value is -4.31. The minimum absolute atomic E-state index is 0.00337. The summed E-state index contributed by atoms with van der Waals surface area (Å²) in [6.07, 6.45) is -0.831. The van der Waals surface area contributed by atoms with E-state index in [1.165, 1.54) is 4.70 Å². The van der Waals surface area contributed by atoms with Crippen molar-refractivity contribution < 1.29 is 19.4 Å². The summed E-state index contributed by atoms with van der Waals surface area (Å²) < 4.78 is 15.6. The summed E-state index contributed by atoms with van der Waals surface area (Å²) in [4.78, 5) is 17.5. The molecule has 48 heavy (non-hydrogen) atoms. The molecule has 6 nitrogen and oxygen atoms in total. The minimum Gasteiger partial charge on any atom is -0.392 e. The van der Waals surface area contributed by atoms with Gasteiger partial charge in [-0.3, -0.25) is 4.79 Å². The first-order valence-electron chi connectivity index (χ1n) is 16.1. The zero-order chi connectivity index (χ0) is 32.9. The van der Waals surface area contributed by atoms with E-state index in [-0.39, 0.29) is 30.6 Å². The van der Waals surface area contributed by atoms with Crippen molar-refractivity contribution in [3.05, 3.63) is 155 Å². The second-order valence-corrected chi connectivity index (χ2v) is 14.2. The van der Waals surface area contributed by atoms with Gasteiger partial charge in [-0.15, -0.1) is 11.3 Å². The maximum atomic E-state index is 12.7. The van der Waals surface area contributed by atoms with Crippen LogP contribution in [0.5, 0.6) is 0 Å². The maximum Gasteiger partial charge on any atom is 0.251 e. The summed E-state index contributed by atoms with van der Waals surface area (Å²) in [5.41, 5.74) is 7.67. The molecule has 1 aliphatic heterocycles. The zero-order valence-corrected chi connectivity index (χ0v) is 28.1. The van der Waals surface area contributed by atoms with E-state index < -0.39 is 6.29 Å². The number of carbonyl (C=O) groups is 1. The topological polar surface area (TPSA) is 80.7 Å². The third-order valence-corrected chi connectivity index (χ3v) is 11.0. The van der Waals surface area contributed by atoms with Gasteiger partial charge < -0.3 is 19.9 Å². The maximum absolute atomic E-state index is 12.7. The number of thiazole rings is 1. The van der Waals surface area contributed by atoms with Gasteiger partial charge in [0.25, 0.3) is 5.91 Å². The Morgan fingerprint density at radius 1 is 0.833 bits per heavy atom. The fourth-order valence-corrected chi connectivity index (χ4v) is 8.28. The summed E-state index contributed by atoms with van der Waals surface area (Å²) in [6, 6.07) is 41.9. The van der Waals surface area contributed by atoms with Gasteiger partial charge in [-0.1, -0.05) is 122 Å². The number of hydrogen-bond acceptors (Lipinski definition) is 7. The van der Waals surface area contributed by atoms with E-state index >= 15 is 0 Å². The molecule has 1 aromatic heterocycles. The largest absolute Gasteiger partial charge is 0.392 e. The van der Waals surface area contributed by atoms with Gasteiger partial charge >= 0.3 is 0 Å². The van der Waals surface area contributed by atoms with Gasteiger partial charge in [0.1, 0.15) is 0 Å². The Morgan fingerprint density at radius 2 is 1.54 bits per heavy atom. The van der Waals surface area contributed by atoms with Crippen molar-refractivity contribution >= 4 is 39.2 Å². The quantitative estimate of drug-likeness (QED) is 0.142. The van der Waals surface area contributed by atoms with Gasteiger partial charge in [-0.25, -0.2) is 4.98 Å². The van der Waals surface area contributed by atoms with Crippen LogP contribution >= 0.6 is 23.1 Å². The number of aliphatic hydroxyl groups is 1. The van der Waals surface area contributed by atoms with Gasteiger partial charge in [0.05, 0.1) is 29.0 Å². The monoisotopic (exact) mass is 672 g/mol. The summed E-state index contributed by atoms with van der Waals surface area (Å²) in [7, 11) is 0.